The topological polar surface area (TPSA) is 80.9 Å². The van der Waals surface area contributed by atoms with E-state index in [0.717, 1.165) is 22.3 Å². The van der Waals surface area contributed by atoms with Crippen LogP contribution in [0, 0.1) is 11.6 Å². The van der Waals surface area contributed by atoms with Crippen LogP contribution in [0.15, 0.2) is 53.2 Å². The molecule has 2 aromatic carbocycles. The molecule has 0 saturated heterocycles. The lowest BCUT2D eigenvalue weighted by Gasteiger charge is -2.17. The summed E-state index contributed by atoms with van der Waals surface area (Å²) < 4.78 is 27.5. The van der Waals surface area contributed by atoms with Gasteiger partial charge in [-0.05, 0) is 49.1 Å². The second kappa shape index (κ2) is 8.99. The van der Waals surface area contributed by atoms with Gasteiger partial charge in [0.1, 0.15) is 11.6 Å². The molecule has 1 saturated carbocycles. The molecule has 1 amide bonds. The van der Waals surface area contributed by atoms with Gasteiger partial charge in [0.25, 0.3) is 0 Å². The molecule has 1 aliphatic rings. The molecular weight excluding hydrogens is 462 g/mol. The number of benzene rings is 2. The van der Waals surface area contributed by atoms with Crippen LogP contribution in [-0.2, 0) is 6.42 Å². The molecule has 1 aliphatic carbocycles. The maximum Gasteiger partial charge on any atom is 0.248 e. The van der Waals surface area contributed by atoms with Crippen molar-refractivity contribution in [1.82, 2.24) is 9.97 Å². The van der Waals surface area contributed by atoms with Crippen LogP contribution in [0.25, 0.3) is 11.3 Å². The van der Waals surface area contributed by atoms with Crippen molar-refractivity contribution in [3.63, 3.8) is 0 Å². The van der Waals surface area contributed by atoms with Gasteiger partial charge in [0.2, 0.25) is 5.91 Å². The van der Waals surface area contributed by atoms with E-state index in [1.807, 2.05) is 12.1 Å². The third-order valence-corrected chi connectivity index (χ3v) is 7.31. The van der Waals surface area contributed by atoms with Crippen LogP contribution in [0.3, 0.4) is 0 Å². The number of carbonyl (C=O) groups excluding carboxylic acids is 1. The van der Waals surface area contributed by atoms with Gasteiger partial charge in [0, 0.05) is 33.9 Å². The zero-order valence-corrected chi connectivity index (χ0v) is 19.1. The van der Waals surface area contributed by atoms with Gasteiger partial charge in [0.05, 0.1) is 22.4 Å². The molecule has 4 aromatic rings. The van der Waals surface area contributed by atoms with Crippen LogP contribution in [0.2, 0.25) is 0 Å². The molecule has 9 heteroatoms. The van der Waals surface area contributed by atoms with Gasteiger partial charge >= 0.3 is 0 Å². The second-order valence-corrected chi connectivity index (χ2v) is 9.76. The Kier molecular flexibility index (Phi) is 5.90. The number of nitrogens with one attached hydrogen (secondary N) is 1. The number of anilines is 1. The molecule has 2 aromatic heterocycles. The quantitative estimate of drug-likeness (QED) is 0.327. The third kappa shape index (κ3) is 4.94. The monoisotopic (exact) mass is 482 g/mol. The molecule has 168 valence electrons. The Morgan fingerprint density at radius 1 is 1.09 bits per heavy atom. The summed E-state index contributed by atoms with van der Waals surface area (Å²) in [6, 6.07) is 10.5. The number of carbonyl (C=O) groups is 1. The fourth-order valence-corrected chi connectivity index (χ4v) is 5.37. The summed E-state index contributed by atoms with van der Waals surface area (Å²) in [6.07, 6.45) is 2.98. The molecule has 2 heterocycles. The standard InChI is InChI=1S/C24H20F2N4OS2/c25-16-7-8-17(18(26)10-16)20-11-33-24(30-20)29-19(21-12-32-23(28-21)15-5-6-15)9-13-1-3-14(4-2-13)22(27)31/h1-4,7-8,10-12,15,19H,5-6,9H2,(H2,27,31)(H,29,30)/t19-/m0/s1. The van der Waals surface area contributed by atoms with E-state index >= 15 is 0 Å². The van der Waals surface area contributed by atoms with Crippen molar-refractivity contribution in [2.45, 2.75) is 31.2 Å². The van der Waals surface area contributed by atoms with Crippen LogP contribution in [0.4, 0.5) is 13.9 Å². The van der Waals surface area contributed by atoms with Crippen molar-refractivity contribution in [2.24, 2.45) is 5.73 Å². The molecule has 1 fully saturated rings. The Balaban J connectivity index is 1.40. The summed E-state index contributed by atoms with van der Waals surface area (Å²) in [5.41, 5.74) is 8.44. The average molecular weight is 483 g/mol. The van der Waals surface area contributed by atoms with Crippen LogP contribution < -0.4 is 11.1 Å². The van der Waals surface area contributed by atoms with E-state index < -0.39 is 17.5 Å². The van der Waals surface area contributed by atoms with Crippen LogP contribution in [0.1, 0.15) is 51.4 Å². The number of nitrogens with zero attached hydrogens (tertiary/aromatic N) is 2. The zero-order valence-electron chi connectivity index (χ0n) is 17.4. The number of primary amides is 1. The minimum absolute atomic E-state index is 0.162. The molecule has 0 spiro atoms. The van der Waals surface area contributed by atoms with Gasteiger partial charge in [-0.2, -0.15) is 0 Å². The first kappa shape index (κ1) is 21.7. The van der Waals surface area contributed by atoms with E-state index in [4.69, 9.17) is 10.7 Å². The normalized spacial score (nSPS) is 14.2. The second-order valence-electron chi connectivity index (χ2n) is 8.01. The Bertz CT molecular complexity index is 1300. The van der Waals surface area contributed by atoms with E-state index in [2.05, 4.69) is 15.7 Å². The lowest BCUT2D eigenvalue weighted by molar-refractivity contribution is 0.100. The maximum atomic E-state index is 14.2. The van der Waals surface area contributed by atoms with Gasteiger partial charge in [0.15, 0.2) is 5.13 Å². The SMILES string of the molecule is NC(=O)c1ccc(C[C@H](Nc2nc(-c3ccc(F)cc3F)cs2)c2csc(C3CC3)n2)cc1. The number of hydrogen-bond donors (Lipinski definition) is 2. The molecule has 0 aliphatic heterocycles. The lowest BCUT2D eigenvalue weighted by Crippen LogP contribution is -2.15. The number of amides is 1. The molecular formula is C24H20F2N4OS2. The van der Waals surface area contributed by atoms with Gasteiger partial charge in [-0.15, -0.1) is 22.7 Å². The van der Waals surface area contributed by atoms with Crippen molar-refractivity contribution in [1.29, 1.82) is 0 Å². The summed E-state index contributed by atoms with van der Waals surface area (Å²) in [6.45, 7) is 0. The summed E-state index contributed by atoms with van der Waals surface area (Å²) in [5.74, 6) is -1.17. The Morgan fingerprint density at radius 3 is 2.58 bits per heavy atom. The van der Waals surface area contributed by atoms with Gasteiger partial charge in [-0.1, -0.05) is 12.1 Å². The number of aromatic nitrogens is 2. The lowest BCUT2D eigenvalue weighted by atomic mass is 10.0. The largest absolute Gasteiger partial charge is 0.366 e. The van der Waals surface area contributed by atoms with Crippen molar-refractivity contribution >= 4 is 33.7 Å². The van der Waals surface area contributed by atoms with E-state index in [1.54, 1.807) is 28.8 Å². The number of hydrogen-bond acceptors (Lipinski definition) is 6. The Labute approximate surface area is 197 Å². The maximum absolute atomic E-state index is 14.2. The summed E-state index contributed by atoms with van der Waals surface area (Å²) in [7, 11) is 0. The fraction of sp³-hybridized carbons (Fsp3) is 0.208. The number of thiazole rings is 2. The van der Waals surface area contributed by atoms with E-state index in [1.165, 1.54) is 36.3 Å². The first-order chi connectivity index (χ1) is 16.0. The van der Waals surface area contributed by atoms with Crippen molar-refractivity contribution in [3.05, 3.63) is 86.7 Å². The predicted molar refractivity (Wildman–Crippen MR) is 127 cm³/mol. The average Bonchev–Trinajstić information content (AvgIpc) is 3.34. The molecule has 0 bridgehead atoms. The summed E-state index contributed by atoms with van der Waals surface area (Å²) >= 11 is 3.02. The van der Waals surface area contributed by atoms with Gasteiger partial charge in [-0.3, -0.25) is 4.79 Å². The fourth-order valence-electron chi connectivity index (χ4n) is 3.56. The molecule has 33 heavy (non-hydrogen) atoms. The van der Waals surface area contributed by atoms with Gasteiger partial charge in [-0.25, -0.2) is 18.7 Å². The first-order valence-corrected chi connectivity index (χ1v) is 12.2. The molecule has 0 unspecified atom stereocenters. The van der Waals surface area contributed by atoms with Crippen LogP contribution in [0.5, 0.6) is 0 Å². The third-order valence-electron chi connectivity index (χ3n) is 5.51. The van der Waals surface area contributed by atoms with Crippen molar-refractivity contribution < 1.29 is 13.6 Å². The molecule has 5 rings (SSSR count). The highest BCUT2D eigenvalue weighted by molar-refractivity contribution is 7.14. The predicted octanol–water partition coefficient (Wildman–Crippen LogP) is 5.92. The zero-order chi connectivity index (χ0) is 22.9. The van der Waals surface area contributed by atoms with E-state index in [0.29, 0.717) is 28.7 Å². The summed E-state index contributed by atoms with van der Waals surface area (Å²) in [5, 5.41) is 9.02. The van der Waals surface area contributed by atoms with Gasteiger partial charge < -0.3 is 11.1 Å². The number of nitrogens with two attached hydrogens (primary N) is 1. The minimum Gasteiger partial charge on any atom is -0.366 e. The van der Waals surface area contributed by atoms with Crippen molar-refractivity contribution in [3.8, 4) is 11.3 Å². The highest BCUT2D eigenvalue weighted by atomic mass is 32.1. The highest BCUT2D eigenvalue weighted by Gasteiger charge is 2.28. The highest BCUT2D eigenvalue weighted by Crippen LogP contribution is 2.42. The minimum atomic E-state index is -0.647. The molecule has 5 nitrogen and oxygen atoms in total. The molecule has 0 radical (unpaired) electrons. The van der Waals surface area contributed by atoms with Crippen LogP contribution >= 0.6 is 22.7 Å². The number of halogens is 2. The van der Waals surface area contributed by atoms with Crippen LogP contribution in [-0.4, -0.2) is 15.9 Å². The molecule has 1 atom stereocenters. The van der Waals surface area contributed by atoms with Crippen molar-refractivity contribution in [2.75, 3.05) is 5.32 Å². The smallest absolute Gasteiger partial charge is 0.248 e. The van der Waals surface area contributed by atoms with E-state index in [9.17, 15) is 13.6 Å². The Hall–Kier alpha value is -3.17. The summed E-state index contributed by atoms with van der Waals surface area (Å²) in [4.78, 5) is 20.8. The van der Waals surface area contributed by atoms with E-state index in [-0.39, 0.29) is 11.6 Å². The Morgan fingerprint density at radius 2 is 1.88 bits per heavy atom. The molecule has 3 N–H and O–H groups in total. The number of rotatable bonds is 8. The first-order valence-electron chi connectivity index (χ1n) is 10.5.